The first-order valence-electron chi connectivity index (χ1n) is 7.49. The molecule has 0 radical (unpaired) electrons. The van der Waals surface area contributed by atoms with Crippen LogP contribution in [0.1, 0.15) is 23.1 Å². The predicted molar refractivity (Wildman–Crippen MR) is 90.9 cm³/mol. The maximum atomic E-state index is 12.0. The predicted octanol–water partition coefficient (Wildman–Crippen LogP) is 3.17. The molecule has 0 saturated carbocycles. The zero-order valence-corrected chi connectivity index (χ0v) is 13.4. The number of fused-ring (bicyclic) bond motifs is 1. The maximum absolute atomic E-state index is 12.0. The molecule has 0 aliphatic carbocycles. The van der Waals surface area contributed by atoms with Crippen LogP contribution in [-0.4, -0.2) is 28.9 Å². The van der Waals surface area contributed by atoms with Crippen LogP contribution in [0.15, 0.2) is 36.4 Å². The summed E-state index contributed by atoms with van der Waals surface area (Å²) >= 11 is 1.59. The number of carbonyl (C=O) groups is 1. The van der Waals surface area contributed by atoms with Gasteiger partial charge in [0.1, 0.15) is 0 Å². The highest BCUT2D eigenvalue weighted by Gasteiger charge is 2.19. The van der Waals surface area contributed by atoms with Crippen LogP contribution in [-0.2, 0) is 17.8 Å². The molecule has 1 amide bonds. The summed E-state index contributed by atoms with van der Waals surface area (Å²) in [7, 11) is 0. The molecule has 0 unspecified atom stereocenters. The second-order valence-electron chi connectivity index (χ2n) is 5.24. The van der Waals surface area contributed by atoms with Crippen LogP contribution >= 0.6 is 11.3 Å². The van der Waals surface area contributed by atoms with Crippen molar-refractivity contribution in [3.05, 3.63) is 52.5 Å². The molecule has 0 saturated heterocycles. The number of nitrogens with zero attached hydrogens (tertiary/aromatic N) is 2. The average molecular weight is 313 g/mol. The van der Waals surface area contributed by atoms with Crippen molar-refractivity contribution in [2.75, 3.05) is 18.4 Å². The molecule has 2 aromatic rings. The molecule has 0 spiro atoms. The largest absolute Gasteiger partial charge is 0.298 e. The number of benzene rings is 1. The van der Waals surface area contributed by atoms with E-state index in [9.17, 15) is 4.79 Å². The first-order chi connectivity index (χ1) is 10.7. The molecule has 5 heteroatoms. The van der Waals surface area contributed by atoms with E-state index in [-0.39, 0.29) is 5.91 Å². The average Bonchev–Trinajstić information content (AvgIpc) is 2.95. The van der Waals surface area contributed by atoms with Crippen LogP contribution in [0.5, 0.6) is 0 Å². The van der Waals surface area contributed by atoms with Gasteiger partial charge in [-0.3, -0.25) is 15.0 Å². The summed E-state index contributed by atoms with van der Waals surface area (Å²) in [6, 6.07) is 9.78. The topological polar surface area (TPSA) is 45.2 Å². The van der Waals surface area contributed by atoms with Crippen molar-refractivity contribution in [1.29, 1.82) is 0 Å². The third-order valence-corrected chi connectivity index (χ3v) is 4.71. The van der Waals surface area contributed by atoms with Gasteiger partial charge in [0.05, 0.1) is 5.69 Å². The van der Waals surface area contributed by atoms with E-state index in [2.05, 4.69) is 22.1 Å². The highest BCUT2D eigenvalue weighted by molar-refractivity contribution is 7.15. The molecule has 2 heterocycles. The van der Waals surface area contributed by atoms with Crippen molar-refractivity contribution in [3.63, 3.8) is 0 Å². The summed E-state index contributed by atoms with van der Waals surface area (Å²) in [6.45, 7) is 5.22. The van der Waals surface area contributed by atoms with E-state index in [0.717, 1.165) is 37.3 Å². The summed E-state index contributed by atoms with van der Waals surface area (Å²) in [4.78, 5) is 20.2. The minimum absolute atomic E-state index is 0.137. The van der Waals surface area contributed by atoms with Gasteiger partial charge in [-0.2, -0.15) is 0 Å². The molecule has 0 bridgehead atoms. The normalized spacial score (nSPS) is 15.0. The Bertz CT molecular complexity index is 678. The molecule has 1 N–H and O–H groups in total. The highest BCUT2D eigenvalue weighted by atomic mass is 32.1. The van der Waals surface area contributed by atoms with E-state index in [1.54, 1.807) is 17.4 Å². The summed E-state index contributed by atoms with van der Waals surface area (Å²) in [6.07, 6.45) is 4.32. The van der Waals surface area contributed by atoms with Crippen LogP contribution in [0.4, 0.5) is 5.13 Å². The summed E-state index contributed by atoms with van der Waals surface area (Å²) in [5.74, 6) is -0.137. The van der Waals surface area contributed by atoms with Crippen molar-refractivity contribution in [2.45, 2.75) is 19.9 Å². The van der Waals surface area contributed by atoms with Gasteiger partial charge in [0.25, 0.3) is 0 Å². The molecule has 3 rings (SSSR count). The minimum atomic E-state index is -0.137. The second-order valence-corrected chi connectivity index (χ2v) is 6.32. The van der Waals surface area contributed by atoms with Crippen LogP contribution in [0.2, 0.25) is 0 Å². The first kappa shape index (κ1) is 14.9. The van der Waals surface area contributed by atoms with Crippen LogP contribution in [0, 0.1) is 0 Å². The van der Waals surface area contributed by atoms with Gasteiger partial charge < -0.3 is 0 Å². The SMILES string of the molecule is CCN1CCc2nc(NC(=O)/C=C/c3ccccc3)sc2C1. The number of hydrogen-bond acceptors (Lipinski definition) is 4. The number of aromatic nitrogens is 1. The van der Waals surface area contributed by atoms with Gasteiger partial charge in [0.2, 0.25) is 5.91 Å². The molecule has 0 fully saturated rings. The molecular formula is C17H19N3OS. The quantitative estimate of drug-likeness (QED) is 0.882. The standard InChI is InChI=1S/C17H19N3OS/c1-2-20-11-10-14-15(12-20)22-17(18-14)19-16(21)9-8-13-6-4-3-5-7-13/h3-9H,2,10-12H2,1H3,(H,18,19,21)/b9-8+. The van der Waals surface area contributed by atoms with Crippen molar-refractivity contribution in [2.24, 2.45) is 0 Å². The van der Waals surface area contributed by atoms with Gasteiger partial charge in [0.15, 0.2) is 5.13 Å². The number of nitrogens with one attached hydrogen (secondary N) is 1. The fourth-order valence-electron chi connectivity index (χ4n) is 2.45. The maximum Gasteiger partial charge on any atom is 0.250 e. The van der Waals surface area contributed by atoms with E-state index in [4.69, 9.17) is 0 Å². The molecular weight excluding hydrogens is 294 g/mol. The summed E-state index contributed by atoms with van der Waals surface area (Å²) in [5, 5.41) is 3.57. The van der Waals surface area contributed by atoms with Crippen molar-refractivity contribution < 1.29 is 4.79 Å². The Balaban J connectivity index is 1.63. The van der Waals surface area contributed by atoms with E-state index in [1.807, 2.05) is 36.4 Å². The lowest BCUT2D eigenvalue weighted by atomic mass is 10.2. The number of anilines is 1. The molecule has 1 aliphatic rings. The lowest BCUT2D eigenvalue weighted by molar-refractivity contribution is -0.111. The Morgan fingerprint density at radius 1 is 1.41 bits per heavy atom. The van der Waals surface area contributed by atoms with Crippen molar-refractivity contribution >= 4 is 28.5 Å². The van der Waals surface area contributed by atoms with Gasteiger partial charge in [-0.15, -0.1) is 11.3 Å². The fourth-order valence-corrected chi connectivity index (χ4v) is 3.51. The highest BCUT2D eigenvalue weighted by Crippen LogP contribution is 2.28. The Morgan fingerprint density at radius 2 is 2.23 bits per heavy atom. The van der Waals surface area contributed by atoms with E-state index >= 15 is 0 Å². The fraction of sp³-hybridized carbons (Fsp3) is 0.294. The number of amides is 1. The lowest BCUT2D eigenvalue weighted by Gasteiger charge is -2.23. The second kappa shape index (κ2) is 6.85. The summed E-state index contributed by atoms with van der Waals surface area (Å²) in [5.41, 5.74) is 2.15. The lowest BCUT2D eigenvalue weighted by Crippen LogP contribution is -2.29. The molecule has 0 atom stereocenters. The van der Waals surface area contributed by atoms with Gasteiger partial charge in [-0.05, 0) is 18.2 Å². The van der Waals surface area contributed by atoms with Crippen LogP contribution in [0.25, 0.3) is 6.08 Å². The Kier molecular flexibility index (Phi) is 4.65. The van der Waals surface area contributed by atoms with Gasteiger partial charge in [-0.25, -0.2) is 4.98 Å². The number of likely N-dealkylation sites (N-methyl/N-ethyl adjacent to an activating group) is 1. The molecule has 4 nitrogen and oxygen atoms in total. The first-order valence-corrected chi connectivity index (χ1v) is 8.31. The molecule has 22 heavy (non-hydrogen) atoms. The van der Waals surface area contributed by atoms with E-state index in [0.29, 0.717) is 5.13 Å². The van der Waals surface area contributed by atoms with Gasteiger partial charge >= 0.3 is 0 Å². The smallest absolute Gasteiger partial charge is 0.250 e. The summed E-state index contributed by atoms with van der Waals surface area (Å²) < 4.78 is 0. The Morgan fingerprint density at radius 3 is 3.00 bits per heavy atom. The van der Waals surface area contributed by atoms with E-state index in [1.165, 1.54) is 4.88 Å². The molecule has 1 aromatic heterocycles. The third-order valence-electron chi connectivity index (χ3n) is 3.71. The Labute approximate surface area is 134 Å². The Hall–Kier alpha value is -1.98. The number of carbonyl (C=O) groups excluding carboxylic acids is 1. The monoisotopic (exact) mass is 313 g/mol. The molecule has 114 valence electrons. The zero-order valence-electron chi connectivity index (χ0n) is 12.6. The molecule has 1 aliphatic heterocycles. The van der Waals surface area contributed by atoms with Gasteiger partial charge in [-0.1, -0.05) is 37.3 Å². The van der Waals surface area contributed by atoms with Crippen LogP contribution in [0.3, 0.4) is 0 Å². The zero-order chi connectivity index (χ0) is 15.4. The number of hydrogen-bond donors (Lipinski definition) is 1. The number of thiazole rings is 1. The van der Waals surface area contributed by atoms with Crippen molar-refractivity contribution in [1.82, 2.24) is 9.88 Å². The van der Waals surface area contributed by atoms with Crippen molar-refractivity contribution in [3.8, 4) is 0 Å². The molecule has 1 aromatic carbocycles. The third kappa shape index (κ3) is 3.61. The number of rotatable bonds is 4. The van der Waals surface area contributed by atoms with Crippen LogP contribution < -0.4 is 5.32 Å². The minimum Gasteiger partial charge on any atom is -0.298 e. The van der Waals surface area contributed by atoms with Gasteiger partial charge in [0, 0.05) is 30.5 Å². The van der Waals surface area contributed by atoms with E-state index < -0.39 is 0 Å².